The largest absolute Gasteiger partial charge is 0.303 e. The summed E-state index contributed by atoms with van der Waals surface area (Å²) in [6, 6.07) is 0. The molecular weight excluding hydrogens is 124 g/mol. The van der Waals surface area contributed by atoms with Gasteiger partial charge in [-0.25, -0.2) is 0 Å². The second kappa shape index (κ2) is 4.48. The Labute approximate surface area is 63.8 Å². The minimum Gasteiger partial charge on any atom is -0.303 e. The molecule has 0 aromatic heterocycles. The SMILES string of the molecule is CCCCC(C)(C)CC=O. The van der Waals surface area contributed by atoms with E-state index in [0.717, 1.165) is 6.29 Å². The highest BCUT2D eigenvalue weighted by atomic mass is 16.1. The van der Waals surface area contributed by atoms with Crippen LogP contribution in [-0.2, 0) is 4.79 Å². The highest BCUT2D eigenvalue weighted by molar-refractivity contribution is 5.50. The van der Waals surface area contributed by atoms with Gasteiger partial charge in [0.15, 0.2) is 0 Å². The standard InChI is InChI=1S/C9H18O/c1-4-5-6-9(2,3)7-8-10/h8H,4-7H2,1-3H3. The first-order valence-electron chi connectivity index (χ1n) is 4.06. The fourth-order valence-electron chi connectivity index (χ4n) is 0.983. The van der Waals surface area contributed by atoms with Gasteiger partial charge >= 0.3 is 0 Å². The van der Waals surface area contributed by atoms with Gasteiger partial charge in [-0.15, -0.1) is 0 Å². The van der Waals surface area contributed by atoms with Gasteiger partial charge in [-0.1, -0.05) is 33.6 Å². The van der Waals surface area contributed by atoms with Crippen molar-refractivity contribution in [1.82, 2.24) is 0 Å². The van der Waals surface area contributed by atoms with E-state index in [1.165, 1.54) is 19.3 Å². The molecule has 0 atom stereocenters. The molecule has 0 spiro atoms. The van der Waals surface area contributed by atoms with Gasteiger partial charge in [0.25, 0.3) is 0 Å². The van der Waals surface area contributed by atoms with Crippen molar-refractivity contribution in [2.75, 3.05) is 0 Å². The first kappa shape index (κ1) is 9.67. The third-order valence-electron chi connectivity index (χ3n) is 1.84. The van der Waals surface area contributed by atoms with Crippen LogP contribution in [0.15, 0.2) is 0 Å². The Morgan fingerprint density at radius 1 is 1.40 bits per heavy atom. The number of hydrogen-bond acceptors (Lipinski definition) is 1. The van der Waals surface area contributed by atoms with Gasteiger partial charge in [-0.05, 0) is 11.8 Å². The molecule has 1 heteroatoms. The smallest absolute Gasteiger partial charge is 0.120 e. The van der Waals surface area contributed by atoms with E-state index in [2.05, 4.69) is 20.8 Å². The van der Waals surface area contributed by atoms with E-state index in [0.29, 0.717) is 6.42 Å². The number of hydrogen-bond donors (Lipinski definition) is 0. The molecule has 0 aliphatic heterocycles. The Hall–Kier alpha value is -0.330. The molecule has 0 rings (SSSR count). The average Bonchev–Trinajstić information content (AvgIpc) is 1.84. The zero-order valence-corrected chi connectivity index (χ0v) is 7.31. The molecule has 0 aromatic carbocycles. The zero-order valence-electron chi connectivity index (χ0n) is 7.31. The van der Waals surface area contributed by atoms with Crippen molar-refractivity contribution in [3.63, 3.8) is 0 Å². The minimum atomic E-state index is 0.234. The summed E-state index contributed by atoms with van der Waals surface area (Å²) < 4.78 is 0. The Kier molecular flexibility index (Phi) is 4.33. The molecular formula is C9H18O. The molecule has 0 radical (unpaired) electrons. The molecule has 0 aromatic rings. The van der Waals surface area contributed by atoms with E-state index in [4.69, 9.17) is 0 Å². The third kappa shape index (κ3) is 4.54. The first-order chi connectivity index (χ1) is 4.62. The fourth-order valence-corrected chi connectivity index (χ4v) is 0.983. The van der Waals surface area contributed by atoms with Crippen LogP contribution in [0.25, 0.3) is 0 Å². The lowest BCUT2D eigenvalue weighted by molar-refractivity contribution is -0.109. The predicted molar refractivity (Wildman–Crippen MR) is 44.0 cm³/mol. The van der Waals surface area contributed by atoms with Crippen LogP contribution in [-0.4, -0.2) is 6.29 Å². The number of aldehydes is 1. The second-order valence-corrected chi connectivity index (χ2v) is 3.64. The van der Waals surface area contributed by atoms with Crippen molar-refractivity contribution >= 4 is 6.29 Å². The summed E-state index contributed by atoms with van der Waals surface area (Å²) >= 11 is 0. The van der Waals surface area contributed by atoms with Crippen LogP contribution >= 0.6 is 0 Å². The predicted octanol–water partition coefficient (Wildman–Crippen LogP) is 2.79. The summed E-state index contributed by atoms with van der Waals surface area (Å²) in [5.41, 5.74) is 0.234. The van der Waals surface area contributed by atoms with Gasteiger partial charge in [0, 0.05) is 6.42 Å². The van der Waals surface area contributed by atoms with Crippen LogP contribution < -0.4 is 0 Å². The van der Waals surface area contributed by atoms with Gasteiger partial charge in [-0.2, -0.15) is 0 Å². The average molecular weight is 142 g/mol. The van der Waals surface area contributed by atoms with Crippen molar-refractivity contribution < 1.29 is 4.79 Å². The van der Waals surface area contributed by atoms with Crippen molar-refractivity contribution in [2.24, 2.45) is 5.41 Å². The summed E-state index contributed by atoms with van der Waals surface area (Å²) in [4.78, 5) is 10.2. The van der Waals surface area contributed by atoms with E-state index in [1.54, 1.807) is 0 Å². The molecule has 1 nitrogen and oxygen atoms in total. The van der Waals surface area contributed by atoms with Crippen LogP contribution in [0.5, 0.6) is 0 Å². The second-order valence-electron chi connectivity index (χ2n) is 3.64. The molecule has 10 heavy (non-hydrogen) atoms. The van der Waals surface area contributed by atoms with E-state index in [-0.39, 0.29) is 5.41 Å². The summed E-state index contributed by atoms with van der Waals surface area (Å²) in [5.74, 6) is 0. The van der Waals surface area contributed by atoms with Crippen LogP contribution in [0.4, 0.5) is 0 Å². The zero-order chi connectivity index (χ0) is 8.04. The molecule has 0 saturated heterocycles. The highest BCUT2D eigenvalue weighted by Crippen LogP contribution is 2.25. The number of carbonyl (C=O) groups is 1. The maximum atomic E-state index is 10.2. The van der Waals surface area contributed by atoms with Gasteiger partial charge < -0.3 is 4.79 Å². The molecule has 0 amide bonds. The van der Waals surface area contributed by atoms with Gasteiger partial charge in [0.1, 0.15) is 6.29 Å². The maximum Gasteiger partial charge on any atom is 0.120 e. The number of unbranched alkanes of at least 4 members (excludes halogenated alkanes) is 1. The molecule has 0 saturated carbocycles. The summed E-state index contributed by atoms with van der Waals surface area (Å²) in [7, 11) is 0. The third-order valence-corrected chi connectivity index (χ3v) is 1.84. The van der Waals surface area contributed by atoms with Crippen LogP contribution in [0.3, 0.4) is 0 Å². The Morgan fingerprint density at radius 2 is 2.00 bits per heavy atom. The Morgan fingerprint density at radius 3 is 2.40 bits per heavy atom. The fraction of sp³-hybridized carbons (Fsp3) is 0.889. The highest BCUT2D eigenvalue weighted by Gasteiger charge is 2.15. The van der Waals surface area contributed by atoms with Gasteiger partial charge in [-0.3, -0.25) is 0 Å². The van der Waals surface area contributed by atoms with E-state index >= 15 is 0 Å². The molecule has 0 heterocycles. The van der Waals surface area contributed by atoms with Crippen molar-refractivity contribution in [2.45, 2.75) is 46.5 Å². The number of carbonyl (C=O) groups excluding carboxylic acids is 1. The van der Waals surface area contributed by atoms with Crippen molar-refractivity contribution in [3.05, 3.63) is 0 Å². The summed E-state index contributed by atoms with van der Waals surface area (Å²) in [6.45, 7) is 6.48. The van der Waals surface area contributed by atoms with E-state index in [9.17, 15) is 4.79 Å². The monoisotopic (exact) mass is 142 g/mol. The van der Waals surface area contributed by atoms with Crippen molar-refractivity contribution in [3.8, 4) is 0 Å². The lowest BCUT2D eigenvalue weighted by Gasteiger charge is -2.20. The molecule has 0 aliphatic rings. The summed E-state index contributed by atoms with van der Waals surface area (Å²) in [6.07, 6.45) is 5.36. The molecule has 0 N–H and O–H groups in total. The topological polar surface area (TPSA) is 17.1 Å². The normalized spacial score (nSPS) is 11.5. The first-order valence-corrected chi connectivity index (χ1v) is 4.06. The van der Waals surface area contributed by atoms with E-state index in [1.807, 2.05) is 0 Å². The van der Waals surface area contributed by atoms with Gasteiger partial charge in [0.05, 0.1) is 0 Å². The molecule has 0 fully saturated rings. The maximum absolute atomic E-state index is 10.2. The van der Waals surface area contributed by atoms with Gasteiger partial charge in [0.2, 0.25) is 0 Å². The molecule has 0 unspecified atom stereocenters. The van der Waals surface area contributed by atoms with Crippen LogP contribution in [0.1, 0.15) is 46.5 Å². The Balaban J connectivity index is 3.51. The van der Waals surface area contributed by atoms with Crippen LogP contribution in [0.2, 0.25) is 0 Å². The van der Waals surface area contributed by atoms with Crippen molar-refractivity contribution in [1.29, 1.82) is 0 Å². The molecule has 60 valence electrons. The van der Waals surface area contributed by atoms with E-state index < -0.39 is 0 Å². The lowest BCUT2D eigenvalue weighted by atomic mass is 9.85. The molecule has 0 aliphatic carbocycles. The summed E-state index contributed by atoms with van der Waals surface area (Å²) in [5, 5.41) is 0. The van der Waals surface area contributed by atoms with Crippen LogP contribution in [0, 0.1) is 5.41 Å². The minimum absolute atomic E-state index is 0.234. The number of rotatable bonds is 5. The Bertz CT molecular complexity index is 94.9. The quantitative estimate of drug-likeness (QED) is 0.539. The molecule has 0 bridgehead atoms. The lowest BCUT2D eigenvalue weighted by Crippen LogP contribution is -2.11.